The van der Waals surface area contributed by atoms with Gasteiger partial charge in [-0.05, 0) is 44.6 Å². The minimum atomic E-state index is -0.501. The zero-order valence-electron chi connectivity index (χ0n) is 15.8. The SMILES string of the molecule is CN(C)CC(=O)N[C@H]1CC[C@H](CC(=O)NCc2ccc(Cl)cc2)O[C@@H]1CO. The van der Waals surface area contributed by atoms with Gasteiger partial charge in [0.15, 0.2) is 0 Å². The van der Waals surface area contributed by atoms with Crippen LogP contribution in [-0.2, 0) is 20.9 Å². The van der Waals surface area contributed by atoms with Gasteiger partial charge in [0.25, 0.3) is 0 Å². The molecule has 2 rings (SSSR count). The molecule has 3 N–H and O–H groups in total. The summed E-state index contributed by atoms with van der Waals surface area (Å²) in [5.74, 6) is -0.215. The number of nitrogens with one attached hydrogen (secondary N) is 2. The van der Waals surface area contributed by atoms with Gasteiger partial charge in [-0.25, -0.2) is 0 Å². The summed E-state index contributed by atoms with van der Waals surface area (Å²) in [6, 6.07) is 7.05. The lowest BCUT2D eigenvalue weighted by Gasteiger charge is -2.36. The lowest BCUT2D eigenvalue weighted by molar-refractivity contribution is -0.136. The molecule has 8 heteroatoms. The van der Waals surface area contributed by atoms with Crippen LogP contribution >= 0.6 is 11.6 Å². The van der Waals surface area contributed by atoms with E-state index in [2.05, 4.69) is 10.6 Å². The van der Waals surface area contributed by atoms with Crippen molar-refractivity contribution in [1.29, 1.82) is 0 Å². The Kier molecular flexibility index (Phi) is 8.50. The van der Waals surface area contributed by atoms with Crippen LogP contribution in [0.4, 0.5) is 0 Å². The van der Waals surface area contributed by atoms with E-state index in [0.29, 0.717) is 24.4 Å². The normalized spacial score (nSPS) is 22.5. The Hall–Kier alpha value is -1.67. The second-order valence-electron chi connectivity index (χ2n) is 7.08. The first-order valence-electron chi connectivity index (χ1n) is 9.09. The van der Waals surface area contributed by atoms with Gasteiger partial charge >= 0.3 is 0 Å². The van der Waals surface area contributed by atoms with Crippen molar-refractivity contribution in [2.45, 2.75) is 44.1 Å². The number of halogens is 1. The number of likely N-dealkylation sites (N-methyl/N-ethyl adjacent to an activating group) is 1. The van der Waals surface area contributed by atoms with Crippen LogP contribution in [0.15, 0.2) is 24.3 Å². The van der Waals surface area contributed by atoms with E-state index in [9.17, 15) is 14.7 Å². The van der Waals surface area contributed by atoms with Crippen molar-refractivity contribution in [3.8, 4) is 0 Å². The average molecular weight is 398 g/mol. The number of aliphatic hydroxyl groups excluding tert-OH is 1. The van der Waals surface area contributed by atoms with Gasteiger partial charge in [-0.3, -0.25) is 9.59 Å². The molecule has 1 aliphatic rings. The molecule has 3 atom stereocenters. The van der Waals surface area contributed by atoms with Crippen molar-refractivity contribution >= 4 is 23.4 Å². The minimum Gasteiger partial charge on any atom is -0.394 e. The predicted octanol–water partition coefficient (Wildman–Crippen LogP) is 0.933. The number of amides is 2. The van der Waals surface area contributed by atoms with Crippen molar-refractivity contribution < 1.29 is 19.4 Å². The molecular weight excluding hydrogens is 370 g/mol. The van der Waals surface area contributed by atoms with Crippen molar-refractivity contribution in [2.75, 3.05) is 27.2 Å². The third-order valence-corrected chi connectivity index (χ3v) is 4.67. The van der Waals surface area contributed by atoms with Crippen LogP contribution in [0.2, 0.25) is 5.02 Å². The first kappa shape index (κ1) is 21.6. The highest BCUT2D eigenvalue weighted by Crippen LogP contribution is 2.22. The Morgan fingerprint density at radius 1 is 1.22 bits per heavy atom. The van der Waals surface area contributed by atoms with E-state index in [1.807, 2.05) is 26.2 Å². The highest BCUT2D eigenvalue weighted by molar-refractivity contribution is 6.30. The summed E-state index contributed by atoms with van der Waals surface area (Å²) in [6.45, 7) is 0.510. The first-order valence-corrected chi connectivity index (χ1v) is 9.46. The fraction of sp³-hybridized carbons (Fsp3) is 0.579. The van der Waals surface area contributed by atoms with E-state index < -0.39 is 6.10 Å². The molecule has 7 nitrogen and oxygen atoms in total. The van der Waals surface area contributed by atoms with Crippen LogP contribution in [-0.4, -0.2) is 67.3 Å². The highest BCUT2D eigenvalue weighted by Gasteiger charge is 2.32. The Bertz CT molecular complexity index is 624. The molecule has 1 fully saturated rings. The van der Waals surface area contributed by atoms with E-state index in [4.69, 9.17) is 16.3 Å². The van der Waals surface area contributed by atoms with E-state index >= 15 is 0 Å². The molecule has 2 amide bonds. The smallest absolute Gasteiger partial charge is 0.234 e. The van der Waals surface area contributed by atoms with E-state index in [-0.39, 0.29) is 43.5 Å². The third-order valence-electron chi connectivity index (χ3n) is 4.42. The molecule has 0 aromatic heterocycles. The summed E-state index contributed by atoms with van der Waals surface area (Å²) >= 11 is 5.85. The second kappa shape index (κ2) is 10.6. The number of benzene rings is 1. The van der Waals surface area contributed by atoms with Crippen molar-refractivity contribution in [3.63, 3.8) is 0 Å². The largest absolute Gasteiger partial charge is 0.394 e. The van der Waals surface area contributed by atoms with Gasteiger partial charge < -0.3 is 25.4 Å². The summed E-state index contributed by atoms with van der Waals surface area (Å²) in [6.07, 6.45) is 0.771. The topological polar surface area (TPSA) is 90.9 Å². The monoisotopic (exact) mass is 397 g/mol. The summed E-state index contributed by atoms with van der Waals surface area (Å²) in [5.41, 5.74) is 0.967. The summed E-state index contributed by atoms with van der Waals surface area (Å²) in [5, 5.41) is 16.0. The van der Waals surface area contributed by atoms with Crippen LogP contribution in [0.5, 0.6) is 0 Å². The van der Waals surface area contributed by atoms with Gasteiger partial charge in [-0.15, -0.1) is 0 Å². The number of rotatable bonds is 8. The minimum absolute atomic E-state index is 0.105. The molecule has 27 heavy (non-hydrogen) atoms. The summed E-state index contributed by atoms with van der Waals surface area (Å²) < 4.78 is 5.84. The number of aliphatic hydroxyl groups is 1. The number of ether oxygens (including phenoxy) is 1. The molecular formula is C19H28ClN3O4. The standard InChI is InChI=1S/C19H28ClN3O4/c1-23(2)11-19(26)22-16-8-7-15(27-17(16)12-24)9-18(25)21-10-13-3-5-14(20)6-4-13/h3-6,15-17,24H,7-12H2,1-2H3,(H,21,25)(H,22,26)/t15-,16+,17-/m1/s1. The molecule has 150 valence electrons. The molecule has 1 heterocycles. The summed E-state index contributed by atoms with van der Waals surface area (Å²) in [4.78, 5) is 25.9. The maximum Gasteiger partial charge on any atom is 0.234 e. The molecule has 1 aliphatic heterocycles. The Morgan fingerprint density at radius 3 is 2.56 bits per heavy atom. The molecule has 0 aliphatic carbocycles. The van der Waals surface area contributed by atoms with Gasteiger partial charge in [-0.1, -0.05) is 23.7 Å². The summed E-state index contributed by atoms with van der Waals surface area (Å²) in [7, 11) is 3.64. The van der Waals surface area contributed by atoms with Gasteiger partial charge in [-0.2, -0.15) is 0 Å². The van der Waals surface area contributed by atoms with Crippen LogP contribution in [0.1, 0.15) is 24.8 Å². The van der Waals surface area contributed by atoms with Gasteiger partial charge in [0.1, 0.15) is 6.10 Å². The van der Waals surface area contributed by atoms with Crippen molar-refractivity contribution in [1.82, 2.24) is 15.5 Å². The maximum atomic E-state index is 12.2. The fourth-order valence-electron chi connectivity index (χ4n) is 3.07. The van der Waals surface area contributed by atoms with Crippen LogP contribution in [0, 0.1) is 0 Å². The fourth-order valence-corrected chi connectivity index (χ4v) is 3.19. The molecule has 1 aromatic rings. The van der Waals surface area contributed by atoms with Gasteiger partial charge in [0.2, 0.25) is 11.8 Å². The highest BCUT2D eigenvalue weighted by atomic mass is 35.5. The molecule has 0 bridgehead atoms. The van der Waals surface area contributed by atoms with Crippen LogP contribution in [0.25, 0.3) is 0 Å². The number of carbonyl (C=O) groups excluding carboxylic acids is 2. The van der Waals surface area contributed by atoms with Crippen molar-refractivity contribution in [3.05, 3.63) is 34.9 Å². The number of nitrogens with zero attached hydrogens (tertiary/aromatic N) is 1. The molecule has 1 saturated heterocycles. The predicted molar refractivity (Wildman–Crippen MR) is 103 cm³/mol. The first-order chi connectivity index (χ1) is 12.9. The lowest BCUT2D eigenvalue weighted by atomic mass is 9.97. The second-order valence-corrected chi connectivity index (χ2v) is 7.51. The van der Waals surface area contributed by atoms with E-state index in [1.54, 1.807) is 17.0 Å². The number of hydrogen-bond acceptors (Lipinski definition) is 5. The Balaban J connectivity index is 1.77. The van der Waals surface area contributed by atoms with Crippen LogP contribution < -0.4 is 10.6 Å². The molecule has 0 radical (unpaired) electrons. The number of hydrogen-bond donors (Lipinski definition) is 3. The maximum absolute atomic E-state index is 12.2. The lowest BCUT2D eigenvalue weighted by Crippen LogP contribution is -2.52. The van der Waals surface area contributed by atoms with E-state index in [0.717, 1.165) is 5.56 Å². The Labute approximate surface area is 165 Å². The van der Waals surface area contributed by atoms with Gasteiger partial charge in [0, 0.05) is 11.6 Å². The number of carbonyl (C=O) groups is 2. The van der Waals surface area contributed by atoms with Crippen LogP contribution in [0.3, 0.4) is 0 Å². The molecule has 0 unspecified atom stereocenters. The zero-order valence-corrected chi connectivity index (χ0v) is 16.5. The third kappa shape index (κ3) is 7.46. The average Bonchev–Trinajstić information content (AvgIpc) is 2.61. The molecule has 0 spiro atoms. The Morgan fingerprint density at radius 2 is 1.93 bits per heavy atom. The quantitative estimate of drug-likeness (QED) is 0.607. The van der Waals surface area contributed by atoms with Gasteiger partial charge in [0.05, 0.1) is 31.7 Å². The molecule has 0 saturated carbocycles. The van der Waals surface area contributed by atoms with E-state index in [1.165, 1.54) is 0 Å². The zero-order chi connectivity index (χ0) is 19.8. The van der Waals surface area contributed by atoms with Crippen molar-refractivity contribution in [2.24, 2.45) is 0 Å². The molecule has 1 aromatic carbocycles.